The van der Waals surface area contributed by atoms with Crippen molar-refractivity contribution >= 4 is 17.5 Å². The number of rotatable bonds is 9. The van der Waals surface area contributed by atoms with Crippen molar-refractivity contribution in [3.05, 3.63) is 65.5 Å². The molecule has 6 nitrogen and oxygen atoms in total. The van der Waals surface area contributed by atoms with Crippen molar-refractivity contribution in [1.29, 1.82) is 0 Å². The summed E-state index contributed by atoms with van der Waals surface area (Å²) in [7, 11) is 0. The Morgan fingerprint density at radius 3 is 2.55 bits per heavy atom. The largest absolute Gasteiger partial charge is 0.378 e. The number of anilines is 1. The lowest BCUT2D eigenvalue weighted by molar-refractivity contribution is -0.117. The summed E-state index contributed by atoms with van der Waals surface area (Å²) >= 11 is 0. The van der Waals surface area contributed by atoms with Crippen LogP contribution < -0.4 is 10.6 Å². The van der Waals surface area contributed by atoms with Crippen LogP contribution in [-0.4, -0.2) is 37.7 Å². The second kappa shape index (κ2) is 10.7. The number of carbonyl (C=O) groups excluding carboxylic acids is 2. The molecule has 1 heterocycles. The summed E-state index contributed by atoms with van der Waals surface area (Å²) in [6.07, 6.45) is 2.48. The molecule has 0 aliphatic carbocycles. The summed E-state index contributed by atoms with van der Waals surface area (Å²) < 4.78 is 23.8. The number of benzene rings is 2. The van der Waals surface area contributed by atoms with Crippen LogP contribution in [0.1, 0.15) is 35.2 Å². The monoisotopic (exact) mass is 400 g/mol. The molecule has 154 valence electrons. The van der Waals surface area contributed by atoms with Gasteiger partial charge in [-0.15, -0.1) is 0 Å². The highest BCUT2D eigenvalue weighted by atomic mass is 19.1. The van der Waals surface area contributed by atoms with E-state index in [0.29, 0.717) is 31.0 Å². The summed E-state index contributed by atoms with van der Waals surface area (Å²) in [5.41, 5.74) is 1.90. The second-order valence-corrected chi connectivity index (χ2v) is 6.89. The van der Waals surface area contributed by atoms with Gasteiger partial charge in [-0.1, -0.05) is 12.1 Å². The van der Waals surface area contributed by atoms with Gasteiger partial charge in [0.05, 0.1) is 25.7 Å². The third kappa shape index (κ3) is 6.96. The summed E-state index contributed by atoms with van der Waals surface area (Å²) in [4.78, 5) is 24.2. The van der Waals surface area contributed by atoms with E-state index in [1.807, 2.05) is 0 Å². The van der Waals surface area contributed by atoms with Crippen molar-refractivity contribution in [3.8, 4) is 0 Å². The van der Waals surface area contributed by atoms with Crippen molar-refractivity contribution < 1.29 is 23.5 Å². The van der Waals surface area contributed by atoms with Gasteiger partial charge in [-0.2, -0.15) is 0 Å². The molecular formula is C22H25FN2O4. The minimum atomic E-state index is -0.313. The van der Waals surface area contributed by atoms with E-state index in [-0.39, 0.29) is 30.2 Å². The molecule has 7 heteroatoms. The standard InChI is InChI=1S/C22H25FN2O4/c23-18-7-3-16(4-8-18)14-24-22(27)17-5-9-19(10-6-17)25-21(26)11-13-28-15-20-2-1-12-29-20/h3-10,20H,1-2,11-15H2,(H,24,27)(H,25,26). The van der Waals surface area contributed by atoms with E-state index in [9.17, 15) is 14.0 Å². The highest BCUT2D eigenvalue weighted by Crippen LogP contribution is 2.13. The average molecular weight is 400 g/mol. The molecule has 1 aliphatic heterocycles. The van der Waals surface area contributed by atoms with Crippen LogP contribution in [0.25, 0.3) is 0 Å². The predicted molar refractivity (Wildman–Crippen MR) is 107 cm³/mol. The van der Waals surface area contributed by atoms with Gasteiger partial charge in [0.1, 0.15) is 5.82 Å². The normalized spacial score (nSPS) is 15.8. The van der Waals surface area contributed by atoms with E-state index in [1.54, 1.807) is 36.4 Å². The molecule has 1 saturated heterocycles. The summed E-state index contributed by atoms with van der Waals surface area (Å²) in [5, 5.41) is 5.56. The first-order valence-electron chi connectivity index (χ1n) is 9.72. The summed E-state index contributed by atoms with van der Waals surface area (Å²) in [6, 6.07) is 12.6. The highest BCUT2D eigenvalue weighted by Gasteiger charge is 2.15. The molecule has 2 amide bonds. The van der Waals surface area contributed by atoms with E-state index in [1.165, 1.54) is 12.1 Å². The fourth-order valence-electron chi connectivity index (χ4n) is 2.97. The smallest absolute Gasteiger partial charge is 0.251 e. The molecule has 2 aromatic carbocycles. The molecule has 0 saturated carbocycles. The molecule has 1 fully saturated rings. The van der Waals surface area contributed by atoms with Gasteiger partial charge >= 0.3 is 0 Å². The van der Waals surface area contributed by atoms with Crippen molar-refractivity contribution in [2.45, 2.75) is 31.9 Å². The number of nitrogens with one attached hydrogen (secondary N) is 2. The van der Waals surface area contributed by atoms with Crippen LogP contribution in [0.5, 0.6) is 0 Å². The van der Waals surface area contributed by atoms with Crippen LogP contribution in [0.2, 0.25) is 0 Å². The maximum absolute atomic E-state index is 12.9. The van der Waals surface area contributed by atoms with E-state index >= 15 is 0 Å². The Kier molecular flexibility index (Phi) is 7.72. The average Bonchev–Trinajstić information content (AvgIpc) is 3.25. The molecule has 0 aromatic heterocycles. The highest BCUT2D eigenvalue weighted by molar-refractivity contribution is 5.95. The molecule has 1 atom stereocenters. The van der Waals surface area contributed by atoms with Gasteiger partial charge in [0.2, 0.25) is 5.91 Å². The van der Waals surface area contributed by atoms with Crippen molar-refractivity contribution in [2.75, 3.05) is 25.1 Å². The number of ether oxygens (including phenoxy) is 2. The SMILES string of the molecule is O=C(CCOCC1CCCO1)Nc1ccc(C(=O)NCc2ccc(F)cc2)cc1. The Hall–Kier alpha value is -2.77. The summed E-state index contributed by atoms with van der Waals surface area (Å²) in [6.45, 7) is 1.96. The van der Waals surface area contributed by atoms with E-state index < -0.39 is 0 Å². The van der Waals surface area contributed by atoms with Gasteiger partial charge in [-0.05, 0) is 54.8 Å². The fourth-order valence-corrected chi connectivity index (χ4v) is 2.97. The number of amides is 2. The Bertz CT molecular complexity index is 803. The van der Waals surface area contributed by atoms with Crippen LogP contribution in [0.4, 0.5) is 10.1 Å². The minimum absolute atomic E-state index is 0.147. The van der Waals surface area contributed by atoms with Crippen molar-refractivity contribution in [3.63, 3.8) is 0 Å². The summed E-state index contributed by atoms with van der Waals surface area (Å²) in [5.74, 6) is -0.701. The lowest BCUT2D eigenvalue weighted by Crippen LogP contribution is -2.22. The Labute approximate surface area is 169 Å². The molecule has 29 heavy (non-hydrogen) atoms. The molecular weight excluding hydrogens is 375 g/mol. The maximum Gasteiger partial charge on any atom is 0.251 e. The fraction of sp³-hybridized carbons (Fsp3) is 0.364. The first-order valence-corrected chi connectivity index (χ1v) is 9.72. The molecule has 2 N–H and O–H groups in total. The first kappa shape index (κ1) is 21.0. The van der Waals surface area contributed by atoms with Crippen molar-refractivity contribution in [1.82, 2.24) is 5.32 Å². The number of carbonyl (C=O) groups is 2. The zero-order valence-corrected chi connectivity index (χ0v) is 16.2. The molecule has 3 rings (SSSR count). The van der Waals surface area contributed by atoms with Crippen LogP contribution in [0.15, 0.2) is 48.5 Å². The van der Waals surface area contributed by atoms with Gasteiger partial charge < -0.3 is 20.1 Å². The number of hydrogen-bond acceptors (Lipinski definition) is 4. The van der Waals surface area contributed by atoms with Crippen LogP contribution in [0, 0.1) is 5.82 Å². The quantitative estimate of drug-likeness (QED) is 0.634. The van der Waals surface area contributed by atoms with E-state index in [4.69, 9.17) is 9.47 Å². The third-order valence-corrected chi connectivity index (χ3v) is 4.60. The van der Waals surface area contributed by atoms with E-state index in [2.05, 4.69) is 10.6 Å². The lowest BCUT2D eigenvalue weighted by Gasteiger charge is -2.10. The Morgan fingerprint density at radius 2 is 1.86 bits per heavy atom. The zero-order chi connectivity index (χ0) is 20.5. The van der Waals surface area contributed by atoms with Crippen LogP contribution in [0.3, 0.4) is 0 Å². The van der Waals surface area contributed by atoms with Gasteiger partial charge in [-0.25, -0.2) is 4.39 Å². The predicted octanol–water partition coefficient (Wildman–Crippen LogP) is 3.28. The lowest BCUT2D eigenvalue weighted by atomic mass is 10.1. The number of hydrogen-bond donors (Lipinski definition) is 2. The molecule has 0 spiro atoms. The van der Waals surface area contributed by atoms with Gasteiger partial charge in [0, 0.05) is 24.4 Å². The van der Waals surface area contributed by atoms with Gasteiger partial charge in [0.15, 0.2) is 0 Å². The third-order valence-electron chi connectivity index (χ3n) is 4.60. The van der Waals surface area contributed by atoms with Crippen LogP contribution in [-0.2, 0) is 20.8 Å². The molecule has 1 unspecified atom stereocenters. The number of halogens is 1. The van der Waals surface area contributed by atoms with Crippen molar-refractivity contribution in [2.24, 2.45) is 0 Å². The van der Waals surface area contributed by atoms with Gasteiger partial charge in [-0.3, -0.25) is 9.59 Å². The maximum atomic E-state index is 12.9. The molecule has 2 aromatic rings. The zero-order valence-electron chi connectivity index (χ0n) is 16.2. The van der Waals surface area contributed by atoms with Gasteiger partial charge in [0.25, 0.3) is 5.91 Å². The molecule has 0 radical (unpaired) electrons. The molecule has 1 aliphatic rings. The van der Waals surface area contributed by atoms with E-state index in [0.717, 1.165) is 25.0 Å². The van der Waals surface area contributed by atoms with Crippen LogP contribution >= 0.6 is 0 Å². The topological polar surface area (TPSA) is 76.7 Å². The second-order valence-electron chi connectivity index (χ2n) is 6.89. The molecule has 0 bridgehead atoms. The first-order chi connectivity index (χ1) is 14.1. The Balaban J connectivity index is 1.37. The minimum Gasteiger partial charge on any atom is -0.378 e. The Morgan fingerprint density at radius 1 is 1.10 bits per heavy atom.